The van der Waals surface area contributed by atoms with Crippen LogP contribution in [0.3, 0.4) is 0 Å². The molecule has 2 N–H and O–H groups in total. The highest BCUT2D eigenvalue weighted by atomic mass is 16.1. The van der Waals surface area contributed by atoms with E-state index >= 15 is 0 Å². The number of H-pyrrole nitrogens is 1. The van der Waals surface area contributed by atoms with Gasteiger partial charge in [0.15, 0.2) is 0 Å². The zero-order chi connectivity index (χ0) is 17.5. The number of rotatable bonds is 2. The molecule has 26 heavy (non-hydrogen) atoms. The summed E-state index contributed by atoms with van der Waals surface area (Å²) in [6.45, 7) is 0. The molecule has 2 heterocycles. The van der Waals surface area contributed by atoms with Crippen molar-refractivity contribution in [1.29, 1.82) is 0 Å². The van der Waals surface area contributed by atoms with Crippen LogP contribution in [0.5, 0.6) is 0 Å². The van der Waals surface area contributed by atoms with E-state index in [0.717, 1.165) is 32.6 Å². The molecule has 0 spiro atoms. The predicted octanol–water partition coefficient (Wildman–Crippen LogP) is 4.52. The summed E-state index contributed by atoms with van der Waals surface area (Å²) in [7, 11) is 0. The van der Waals surface area contributed by atoms with Gasteiger partial charge in [-0.15, -0.1) is 0 Å². The van der Waals surface area contributed by atoms with Crippen LogP contribution in [0, 0.1) is 0 Å². The lowest BCUT2D eigenvalue weighted by Crippen LogP contribution is -2.14. The zero-order valence-corrected chi connectivity index (χ0v) is 13.7. The van der Waals surface area contributed by atoms with Crippen molar-refractivity contribution >= 4 is 44.4 Å². The normalized spacial score (nSPS) is 11.2. The number of benzene rings is 3. The molecule has 5 heteroatoms. The lowest BCUT2D eigenvalue weighted by Gasteiger charge is -2.07. The van der Waals surface area contributed by atoms with Crippen molar-refractivity contribution in [3.63, 3.8) is 0 Å². The Morgan fingerprint density at radius 3 is 2.69 bits per heavy atom. The number of anilines is 1. The molecule has 2 aromatic heterocycles. The predicted molar refractivity (Wildman–Crippen MR) is 103 cm³/mol. The highest BCUT2D eigenvalue weighted by Gasteiger charge is 2.09. The summed E-state index contributed by atoms with van der Waals surface area (Å²) in [4.78, 5) is 24.4. The van der Waals surface area contributed by atoms with Crippen molar-refractivity contribution in [2.75, 3.05) is 5.32 Å². The van der Waals surface area contributed by atoms with E-state index in [2.05, 4.69) is 20.3 Å². The first-order valence-electron chi connectivity index (χ1n) is 8.30. The molecule has 0 bridgehead atoms. The Bertz CT molecular complexity index is 1290. The number of nitrogens with zero attached hydrogens (tertiary/aromatic N) is 2. The smallest absolute Gasteiger partial charge is 0.257 e. The quantitative estimate of drug-likeness (QED) is 0.497. The molecule has 124 valence electrons. The van der Waals surface area contributed by atoms with Crippen molar-refractivity contribution in [1.82, 2.24) is 15.0 Å². The maximum Gasteiger partial charge on any atom is 0.257 e. The van der Waals surface area contributed by atoms with Crippen LogP contribution >= 0.6 is 0 Å². The van der Waals surface area contributed by atoms with Gasteiger partial charge in [0.2, 0.25) is 5.95 Å². The number of carbonyl (C=O) groups excluding carboxylic acids is 1. The third-order valence-electron chi connectivity index (χ3n) is 4.54. The third kappa shape index (κ3) is 2.38. The second kappa shape index (κ2) is 5.67. The van der Waals surface area contributed by atoms with Gasteiger partial charge in [0, 0.05) is 28.7 Å². The van der Waals surface area contributed by atoms with Gasteiger partial charge in [0.25, 0.3) is 5.91 Å². The van der Waals surface area contributed by atoms with Crippen LogP contribution in [-0.4, -0.2) is 20.9 Å². The summed E-state index contributed by atoms with van der Waals surface area (Å²) in [5.41, 5.74) is 2.42. The van der Waals surface area contributed by atoms with Crippen molar-refractivity contribution < 1.29 is 4.79 Å². The number of aromatic amines is 1. The molecule has 0 aliphatic rings. The molecule has 0 fully saturated rings. The van der Waals surface area contributed by atoms with Crippen molar-refractivity contribution in [3.8, 4) is 0 Å². The second-order valence-corrected chi connectivity index (χ2v) is 6.15. The monoisotopic (exact) mass is 338 g/mol. The fraction of sp³-hybridized carbons (Fsp3) is 0. The van der Waals surface area contributed by atoms with Gasteiger partial charge in [-0.1, -0.05) is 30.3 Å². The van der Waals surface area contributed by atoms with Crippen LogP contribution in [-0.2, 0) is 0 Å². The maximum absolute atomic E-state index is 12.6. The van der Waals surface area contributed by atoms with Crippen LogP contribution in [0.4, 0.5) is 5.95 Å². The van der Waals surface area contributed by atoms with E-state index < -0.39 is 0 Å². The Hall–Kier alpha value is -3.73. The van der Waals surface area contributed by atoms with Crippen LogP contribution in [0.1, 0.15) is 10.4 Å². The number of nitrogens with one attached hydrogen (secondary N) is 2. The van der Waals surface area contributed by atoms with E-state index in [9.17, 15) is 4.79 Å². The molecule has 0 aliphatic carbocycles. The number of hydrogen-bond acceptors (Lipinski definition) is 3. The lowest BCUT2D eigenvalue weighted by atomic mass is 10.1. The topological polar surface area (TPSA) is 70.7 Å². The third-order valence-corrected chi connectivity index (χ3v) is 4.54. The van der Waals surface area contributed by atoms with Crippen molar-refractivity contribution in [2.24, 2.45) is 0 Å². The number of fused-ring (bicyclic) bond motifs is 4. The maximum atomic E-state index is 12.6. The number of carbonyl (C=O) groups is 1. The fourth-order valence-corrected chi connectivity index (χ4v) is 3.22. The van der Waals surface area contributed by atoms with Crippen molar-refractivity contribution in [2.45, 2.75) is 0 Å². The fourth-order valence-electron chi connectivity index (χ4n) is 3.22. The highest BCUT2D eigenvalue weighted by molar-refractivity contribution is 6.07. The minimum Gasteiger partial charge on any atom is -0.325 e. The van der Waals surface area contributed by atoms with Crippen LogP contribution in [0.25, 0.3) is 32.6 Å². The molecule has 0 unspecified atom stereocenters. The first-order chi connectivity index (χ1) is 12.8. The van der Waals surface area contributed by atoms with Gasteiger partial charge in [0.1, 0.15) is 0 Å². The molecule has 0 atom stereocenters. The zero-order valence-electron chi connectivity index (χ0n) is 13.7. The largest absolute Gasteiger partial charge is 0.325 e. The van der Waals surface area contributed by atoms with Gasteiger partial charge in [0.05, 0.1) is 11.0 Å². The van der Waals surface area contributed by atoms with Gasteiger partial charge in [-0.3, -0.25) is 15.1 Å². The summed E-state index contributed by atoms with van der Waals surface area (Å²) < 4.78 is 0. The van der Waals surface area contributed by atoms with Crippen LogP contribution in [0.2, 0.25) is 0 Å². The average molecular weight is 338 g/mol. The molecule has 0 aliphatic heterocycles. The Morgan fingerprint density at radius 1 is 0.885 bits per heavy atom. The summed E-state index contributed by atoms with van der Waals surface area (Å²) in [5.74, 6) is 0.212. The molecule has 5 nitrogen and oxygen atoms in total. The number of amides is 1. The summed E-state index contributed by atoms with van der Waals surface area (Å²) in [6, 6.07) is 19.4. The van der Waals surface area contributed by atoms with Crippen molar-refractivity contribution in [3.05, 3.63) is 78.6 Å². The van der Waals surface area contributed by atoms with E-state index in [-0.39, 0.29) is 5.91 Å². The Kier molecular flexibility index (Phi) is 3.18. The number of hydrogen-bond donors (Lipinski definition) is 2. The Labute approximate surface area is 148 Å². The highest BCUT2D eigenvalue weighted by Crippen LogP contribution is 2.23. The van der Waals surface area contributed by atoms with Crippen LogP contribution in [0.15, 0.2) is 73.1 Å². The second-order valence-electron chi connectivity index (χ2n) is 6.15. The average Bonchev–Trinajstić information content (AvgIpc) is 3.16. The first kappa shape index (κ1) is 14.6. The summed E-state index contributed by atoms with van der Waals surface area (Å²) in [6.07, 6.45) is 3.53. The van der Waals surface area contributed by atoms with E-state index in [4.69, 9.17) is 0 Å². The molecule has 1 amide bonds. The van der Waals surface area contributed by atoms with Gasteiger partial charge in [-0.05, 0) is 41.1 Å². The van der Waals surface area contributed by atoms with Gasteiger partial charge in [-0.2, -0.15) is 0 Å². The lowest BCUT2D eigenvalue weighted by molar-refractivity contribution is 0.102. The van der Waals surface area contributed by atoms with Crippen LogP contribution < -0.4 is 5.32 Å². The van der Waals surface area contributed by atoms with E-state index in [1.807, 2.05) is 60.7 Å². The molecule has 5 aromatic rings. The molecule has 0 saturated heterocycles. The minimum absolute atomic E-state index is 0.199. The van der Waals surface area contributed by atoms with E-state index in [1.54, 1.807) is 12.4 Å². The van der Waals surface area contributed by atoms with Gasteiger partial charge in [-0.25, -0.2) is 4.98 Å². The standard InChI is InChI=1S/C21H14N4O/c26-20(15-6-5-13-3-1-2-4-14(13)11-15)25-21-23-12-17-16-9-10-22-18(16)7-8-19(17)24-21/h1-12H,(H2,23,24,25,26). The first-order valence-corrected chi connectivity index (χ1v) is 8.30. The summed E-state index contributed by atoms with van der Waals surface area (Å²) in [5, 5.41) is 6.98. The Morgan fingerprint density at radius 2 is 1.77 bits per heavy atom. The summed E-state index contributed by atoms with van der Waals surface area (Å²) >= 11 is 0. The van der Waals surface area contributed by atoms with E-state index in [1.165, 1.54) is 0 Å². The van der Waals surface area contributed by atoms with Gasteiger partial charge < -0.3 is 4.98 Å². The molecular weight excluding hydrogens is 324 g/mol. The molecule has 3 aromatic carbocycles. The number of aromatic nitrogens is 3. The molecular formula is C21H14N4O. The SMILES string of the molecule is O=C(Nc1ncc2c(ccc3nccc32)[nH]1)c1ccc2ccccc2c1. The molecule has 5 rings (SSSR count). The van der Waals surface area contributed by atoms with Gasteiger partial charge >= 0.3 is 0 Å². The molecule has 0 radical (unpaired) electrons. The molecule has 0 saturated carbocycles. The minimum atomic E-state index is -0.199. The Balaban J connectivity index is 1.49. The van der Waals surface area contributed by atoms with E-state index in [0.29, 0.717) is 11.5 Å².